The van der Waals surface area contributed by atoms with E-state index in [1.165, 1.54) is 19.3 Å². The molecule has 0 saturated heterocycles. The van der Waals surface area contributed by atoms with Crippen molar-refractivity contribution >= 4 is 0 Å². The van der Waals surface area contributed by atoms with Gasteiger partial charge in [0, 0.05) is 19.2 Å². The van der Waals surface area contributed by atoms with E-state index >= 15 is 0 Å². The van der Waals surface area contributed by atoms with Crippen LogP contribution < -0.4 is 5.32 Å². The lowest BCUT2D eigenvalue weighted by molar-refractivity contribution is 0.192. The van der Waals surface area contributed by atoms with Crippen LogP contribution in [0.2, 0.25) is 0 Å². The van der Waals surface area contributed by atoms with Crippen molar-refractivity contribution in [1.29, 1.82) is 0 Å². The molecule has 12 heavy (non-hydrogen) atoms. The molecular formula is C10H21NO. The van der Waals surface area contributed by atoms with Crippen LogP contribution in [-0.4, -0.2) is 25.8 Å². The number of rotatable bonds is 6. The van der Waals surface area contributed by atoms with Gasteiger partial charge in [0.2, 0.25) is 0 Å². The molecule has 0 aliphatic heterocycles. The first-order chi connectivity index (χ1) is 5.68. The summed E-state index contributed by atoms with van der Waals surface area (Å²) in [5.74, 6) is 0.808. The molecule has 1 fully saturated rings. The van der Waals surface area contributed by atoms with E-state index in [0.29, 0.717) is 5.54 Å². The molecule has 1 aliphatic rings. The standard InChI is InChI=1S/C10H21NO/c1-9(2)8-10(4-5-10)11-6-7-12-3/h9,11H,4-8H2,1-3H3. The van der Waals surface area contributed by atoms with Gasteiger partial charge in [-0.15, -0.1) is 0 Å². The lowest BCUT2D eigenvalue weighted by Crippen LogP contribution is -2.34. The summed E-state index contributed by atoms with van der Waals surface area (Å²) >= 11 is 0. The Morgan fingerprint density at radius 2 is 2.08 bits per heavy atom. The Balaban J connectivity index is 2.12. The Morgan fingerprint density at radius 3 is 2.50 bits per heavy atom. The van der Waals surface area contributed by atoms with Crippen LogP contribution in [0.15, 0.2) is 0 Å². The summed E-state index contributed by atoms with van der Waals surface area (Å²) in [5, 5.41) is 3.58. The average Bonchev–Trinajstić information content (AvgIpc) is 2.69. The molecule has 0 aromatic carbocycles. The van der Waals surface area contributed by atoms with Gasteiger partial charge in [-0.3, -0.25) is 0 Å². The molecule has 0 aromatic rings. The van der Waals surface area contributed by atoms with E-state index < -0.39 is 0 Å². The molecule has 0 spiro atoms. The van der Waals surface area contributed by atoms with Gasteiger partial charge in [-0.2, -0.15) is 0 Å². The minimum Gasteiger partial charge on any atom is -0.383 e. The summed E-state index contributed by atoms with van der Waals surface area (Å²) in [6.07, 6.45) is 4.03. The summed E-state index contributed by atoms with van der Waals surface area (Å²) in [6, 6.07) is 0. The highest BCUT2D eigenvalue weighted by Gasteiger charge is 2.41. The first-order valence-corrected chi connectivity index (χ1v) is 4.92. The van der Waals surface area contributed by atoms with Crippen molar-refractivity contribution in [3.8, 4) is 0 Å². The van der Waals surface area contributed by atoms with Crippen LogP contribution in [0.4, 0.5) is 0 Å². The lowest BCUT2D eigenvalue weighted by atomic mass is 10.0. The number of methoxy groups -OCH3 is 1. The highest BCUT2D eigenvalue weighted by atomic mass is 16.5. The summed E-state index contributed by atoms with van der Waals surface area (Å²) in [6.45, 7) is 6.42. The summed E-state index contributed by atoms with van der Waals surface area (Å²) in [4.78, 5) is 0. The highest BCUT2D eigenvalue weighted by molar-refractivity contribution is 5.02. The third kappa shape index (κ3) is 3.11. The number of hydrogen-bond acceptors (Lipinski definition) is 2. The molecule has 72 valence electrons. The van der Waals surface area contributed by atoms with Crippen LogP contribution in [0.25, 0.3) is 0 Å². The van der Waals surface area contributed by atoms with E-state index in [-0.39, 0.29) is 0 Å². The van der Waals surface area contributed by atoms with Crippen LogP contribution in [-0.2, 0) is 4.74 Å². The van der Waals surface area contributed by atoms with Gasteiger partial charge in [-0.05, 0) is 25.2 Å². The molecule has 2 nitrogen and oxygen atoms in total. The van der Waals surface area contributed by atoms with Crippen molar-refractivity contribution in [2.45, 2.75) is 38.6 Å². The maximum absolute atomic E-state index is 5.01. The van der Waals surface area contributed by atoms with Gasteiger partial charge in [-0.1, -0.05) is 13.8 Å². The van der Waals surface area contributed by atoms with E-state index in [0.717, 1.165) is 19.1 Å². The molecule has 0 radical (unpaired) electrons. The molecule has 1 aliphatic carbocycles. The largest absolute Gasteiger partial charge is 0.383 e. The van der Waals surface area contributed by atoms with Crippen LogP contribution in [0.3, 0.4) is 0 Å². The van der Waals surface area contributed by atoms with Gasteiger partial charge < -0.3 is 10.1 Å². The Labute approximate surface area is 75.7 Å². The second-order valence-electron chi connectivity index (χ2n) is 4.30. The normalized spacial score (nSPS) is 20.0. The van der Waals surface area contributed by atoms with Crippen molar-refractivity contribution in [2.24, 2.45) is 5.92 Å². The molecule has 2 heteroatoms. The smallest absolute Gasteiger partial charge is 0.0587 e. The molecule has 0 aromatic heterocycles. The van der Waals surface area contributed by atoms with Crippen LogP contribution >= 0.6 is 0 Å². The first-order valence-electron chi connectivity index (χ1n) is 4.92. The van der Waals surface area contributed by atoms with Crippen molar-refractivity contribution in [2.75, 3.05) is 20.3 Å². The molecule has 1 N–H and O–H groups in total. The molecule has 1 saturated carbocycles. The van der Waals surface area contributed by atoms with Gasteiger partial charge in [0.25, 0.3) is 0 Å². The number of nitrogens with one attached hydrogen (secondary N) is 1. The Hall–Kier alpha value is -0.0800. The average molecular weight is 171 g/mol. The predicted molar refractivity (Wildman–Crippen MR) is 51.3 cm³/mol. The second-order valence-corrected chi connectivity index (χ2v) is 4.30. The van der Waals surface area contributed by atoms with Crippen LogP contribution in [0, 0.1) is 5.92 Å². The zero-order chi connectivity index (χ0) is 9.03. The quantitative estimate of drug-likeness (QED) is 0.615. The summed E-state index contributed by atoms with van der Waals surface area (Å²) < 4.78 is 5.01. The van der Waals surface area contributed by atoms with Crippen molar-refractivity contribution in [3.05, 3.63) is 0 Å². The van der Waals surface area contributed by atoms with Crippen molar-refractivity contribution in [3.63, 3.8) is 0 Å². The van der Waals surface area contributed by atoms with Crippen LogP contribution in [0.5, 0.6) is 0 Å². The molecule has 0 atom stereocenters. The summed E-state index contributed by atoms with van der Waals surface area (Å²) in [5.41, 5.74) is 0.493. The zero-order valence-corrected chi connectivity index (χ0v) is 8.52. The van der Waals surface area contributed by atoms with Gasteiger partial charge in [0.15, 0.2) is 0 Å². The Bertz CT molecular complexity index is 130. The molecular weight excluding hydrogens is 150 g/mol. The summed E-state index contributed by atoms with van der Waals surface area (Å²) in [7, 11) is 1.75. The third-order valence-electron chi connectivity index (χ3n) is 2.46. The number of ether oxygens (including phenoxy) is 1. The highest BCUT2D eigenvalue weighted by Crippen LogP contribution is 2.40. The fourth-order valence-electron chi connectivity index (χ4n) is 1.80. The molecule has 1 rings (SSSR count). The van der Waals surface area contributed by atoms with Crippen LogP contribution in [0.1, 0.15) is 33.1 Å². The third-order valence-corrected chi connectivity index (χ3v) is 2.46. The van der Waals surface area contributed by atoms with Gasteiger partial charge in [0.05, 0.1) is 6.61 Å². The van der Waals surface area contributed by atoms with Crippen molar-refractivity contribution < 1.29 is 4.74 Å². The zero-order valence-electron chi connectivity index (χ0n) is 8.52. The second kappa shape index (κ2) is 4.24. The Morgan fingerprint density at radius 1 is 1.42 bits per heavy atom. The van der Waals surface area contributed by atoms with Crippen molar-refractivity contribution in [1.82, 2.24) is 5.32 Å². The molecule has 0 bridgehead atoms. The van der Waals surface area contributed by atoms with E-state index in [2.05, 4.69) is 19.2 Å². The topological polar surface area (TPSA) is 21.3 Å². The minimum absolute atomic E-state index is 0.493. The lowest BCUT2D eigenvalue weighted by Gasteiger charge is -2.19. The van der Waals surface area contributed by atoms with Gasteiger partial charge >= 0.3 is 0 Å². The minimum atomic E-state index is 0.493. The maximum Gasteiger partial charge on any atom is 0.0587 e. The monoisotopic (exact) mass is 171 g/mol. The van der Waals surface area contributed by atoms with E-state index in [1.54, 1.807) is 7.11 Å². The van der Waals surface area contributed by atoms with E-state index in [1.807, 2.05) is 0 Å². The first kappa shape index (κ1) is 10.0. The Kier molecular flexibility index (Phi) is 3.53. The SMILES string of the molecule is COCCNC1(CC(C)C)CC1. The van der Waals surface area contributed by atoms with Gasteiger partial charge in [0.1, 0.15) is 0 Å². The van der Waals surface area contributed by atoms with E-state index in [9.17, 15) is 0 Å². The van der Waals surface area contributed by atoms with Gasteiger partial charge in [-0.25, -0.2) is 0 Å². The molecule has 0 amide bonds. The maximum atomic E-state index is 5.01. The predicted octanol–water partition coefficient (Wildman–Crippen LogP) is 1.80. The molecule has 0 heterocycles. The van der Waals surface area contributed by atoms with E-state index in [4.69, 9.17) is 4.74 Å². The molecule has 0 unspecified atom stereocenters. The number of hydrogen-bond donors (Lipinski definition) is 1. The fourth-order valence-corrected chi connectivity index (χ4v) is 1.80. The fraction of sp³-hybridized carbons (Fsp3) is 1.00.